The Morgan fingerprint density at radius 1 is 1.32 bits per heavy atom. The molecule has 19 heavy (non-hydrogen) atoms. The van der Waals surface area contributed by atoms with Crippen LogP contribution in [0, 0.1) is 0 Å². The van der Waals surface area contributed by atoms with Crippen molar-refractivity contribution in [2.75, 3.05) is 20.4 Å². The van der Waals surface area contributed by atoms with Crippen LogP contribution in [0.2, 0.25) is 0 Å². The third-order valence-electron chi connectivity index (χ3n) is 3.22. The highest BCUT2D eigenvalue weighted by molar-refractivity contribution is 7.86. The summed E-state index contributed by atoms with van der Waals surface area (Å²) in [6, 6.07) is 5.09. The summed E-state index contributed by atoms with van der Waals surface area (Å²) >= 11 is 0. The molecule has 0 amide bonds. The normalized spacial score (nSPS) is 21.1. The first-order valence-corrected chi connectivity index (χ1v) is 7.80. The van der Waals surface area contributed by atoms with Crippen molar-refractivity contribution in [1.82, 2.24) is 4.90 Å². The van der Waals surface area contributed by atoms with Crippen molar-refractivity contribution in [3.63, 3.8) is 0 Å². The van der Waals surface area contributed by atoms with Crippen LogP contribution in [0.25, 0.3) is 0 Å². The summed E-state index contributed by atoms with van der Waals surface area (Å²) < 4.78 is 33.2. The molecule has 1 aliphatic rings. The summed E-state index contributed by atoms with van der Waals surface area (Å²) in [4.78, 5) is 2.00. The molecule has 1 aromatic rings. The Balaban J connectivity index is 2.41. The molecule has 1 atom stereocenters. The zero-order valence-corrected chi connectivity index (χ0v) is 12.6. The van der Waals surface area contributed by atoms with Crippen LogP contribution < -0.4 is 8.92 Å². The zero-order valence-electron chi connectivity index (χ0n) is 11.8. The monoisotopic (exact) mass is 285 g/mol. The number of nitrogens with zero attached hydrogens (tertiary/aromatic N) is 1. The molecule has 1 unspecified atom stereocenters. The van der Waals surface area contributed by atoms with Gasteiger partial charge in [0.05, 0.1) is 6.26 Å². The fraction of sp³-hybridized carbons (Fsp3) is 0.538. The van der Waals surface area contributed by atoms with E-state index in [0.717, 1.165) is 17.6 Å². The van der Waals surface area contributed by atoms with E-state index in [1.807, 2.05) is 19.0 Å². The number of hydrogen-bond acceptors (Lipinski definition) is 5. The van der Waals surface area contributed by atoms with Gasteiger partial charge in [0.1, 0.15) is 11.5 Å². The number of fused-ring (bicyclic) bond motifs is 1. The highest BCUT2D eigenvalue weighted by Gasteiger charge is 2.43. The number of ether oxygens (including phenoxy) is 1. The predicted octanol–water partition coefficient (Wildman–Crippen LogP) is 1.58. The van der Waals surface area contributed by atoms with Gasteiger partial charge in [0.2, 0.25) is 0 Å². The first-order chi connectivity index (χ1) is 8.61. The Morgan fingerprint density at radius 3 is 2.47 bits per heavy atom. The minimum atomic E-state index is -3.51. The molecular weight excluding hydrogens is 266 g/mol. The summed E-state index contributed by atoms with van der Waals surface area (Å²) in [5.41, 5.74) is 0.711. The van der Waals surface area contributed by atoms with Crippen LogP contribution in [-0.2, 0) is 15.5 Å². The molecule has 0 saturated heterocycles. The van der Waals surface area contributed by atoms with Gasteiger partial charge in [0, 0.05) is 11.0 Å². The Kier molecular flexibility index (Phi) is 3.26. The van der Waals surface area contributed by atoms with Crippen LogP contribution in [0.4, 0.5) is 0 Å². The maximum atomic E-state index is 11.2. The number of benzene rings is 1. The smallest absolute Gasteiger partial charge is 0.306 e. The SMILES string of the molecule is CN(C)C1Oc2ccc(OS(C)(=O)=O)cc2C1(C)C. The fourth-order valence-corrected chi connectivity index (χ4v) is 2.95. The summed E-state index contributed by atoms with van der Waals surface area (Å²) in [5, 5.41) is 0. The molecule has 6 heteroatoms. The Bertz CT molecular complexity index is 593. The van der Waals surface area contributed by atoms with Gasteiger partial charge in [-0.15, -0.1) is 0 Å². The van der Waals surface area contributed by atoms with E-state index in [-0.39, 0.29) is 11.6 Å². The molecule has 5 nitrogen and oxygen atoms in total. The van der Waals surface area contributed by atoms with E-state index in [0.29, 0.717) is 5.75 Å². The van der Waals surface area contributed by atoms with Crippen molar-refractivity contribution in [2.24, 2.45) is 0 Å². The minimum absolute atomic E-state index is 0.0871. The number of likely N-dealkylation sites (N-methyl/N-ethyl adjacent to an activating group) is 1. The predicted molar refractivity (Wildman–Crippen MR) is 73.0 cm³/mol. The third kappa shape index (κ3) is 2.69. The van der Waals surface area contributed by atoms with Crippen LogP contribution in [0.1, 0.15) is 19.4 Å². The molecule has 0 spiro atoms. The van der Waals surface area contributed by atoms with E-state index in [4.69, 9.17) is 8.92 Å². The summed E-state index contributed by atoms with van der Waals surface area (Å²) in [5.74, 6) is 1.09. The van der Waals surface area contributed by atoms with Crippen LogP contribution in [0.15, 0.2) is 18.2 Å². The van der Waals surface area contributed by atoms with Crippen molar-refractivity contribution in [2.45, 2.75) is 25.5 Å². The Labute approximate surface area is 114 Å². The van der Waals surface area contributed by atoms with E-state index in [1.165, 1.54) is 0 Å². The topological polar surface area (TPSA) is 55.8 Å². The molecule has 0 N–H and O–H groups in total. The van der Waals surface area contributed by atoms with Crippen LogP contribution >= 0.6 is 0 Å². The van der Waals surface area contributed by atoms with Crippen molar-refractivity contribution >= 4 is 10.1 Å². The van der Waals surface area contributed by atoms with E-state index < -0.39 is 10.1 Å². The van der Waals surface area contributed by atoms with E-state index in [1.54, 1.807) is 18.2 Å². The van der Waals surface area contributed by atoms with Gasteiger partial charge < -0.3 is 8.92 Å². The maximum absolute atomic E-state index is 11.2. The van der Waals surface area contributed by atoms with Gasteiger partial charge in [-0.1, -0.05) is 13.8 Å². The Hall–Kier alpha value is -1.27. The molecule has 2 rings (SSSR count). The van der Waals surface area contributed by atoms with Crippen molar-refractivity contribution in [3.8, 4) is 11.5 Å². The van der Waals surface area contributed by atoms with Gasteiger partial charge in [-0.25, -0.2) is 0 Å². The van der Waals surface area contributed by atoms with Gasteiger partial charge >= 0.3 is 10.1 Å². The number of hydrogen-bond donors (Lipinski definition) is 0. The second kappa shape index (κ2) is 4.38. The lowest BCUT2D eigenvalue weighted by Crippen LogP contribution is -2.43. The highest BCUT2D eigenvalue weighted by atomic mass is 32.2. The summed E-state index contributed by atoms with van der Waals surface area (Å²) in [7, 11) is 0.388. The number of rotatable bonds is 3. The minimum Gasteiger partial charge on any atom is -0.474 e. The average molecular weight is 285 g/mol. The second-order valence-corrected chi connectivity index (χ2v) is 7.18. The lowest BCUT2D eigenvalue weighted by Gasteiger charge is -2.30. The van der Waals surface area contributed by atoms with Crippen LogP contribution in [-0.4, -0.2) is 39.9 Å². The van der Waals surface area contributed by atoms with Gasteiger partial charge in [0.25, 0.3) is 0 Å². The van der Waals surface area contributed by atoms with Crippen molar-refractivity contribution < 1.29 is 17.3 Å². The first kappa shape index (κ1) is 14.1. The van der Waals surface area contributed by atoms with Crippen LogP contribution in [0.5, 0.6) is 11.5 Å². The zero-order chi connectivity index (χ0) is 14.4. The van der Waals surface area contributed by atoms with Crippen molar-refractivity contribution in [3.05, 3.63) is 23.8 Å². The summed E-state index contributed by atoms with van der Waals surface area (Å²) in [6.45, 7) is 4.13. The van der Waals surface area contributed by atoms with Gasteiger partial charge in [-0.3, -0.25) is 4.90 Å². The lowest BCUT2D eigenvalue weighted by atomic mass is 9.84. The highest BCUT2D eigenvalue weighted by Crippen LogP contribution is 2.44. The quantitative estimate of drug-likeness (QED) is 0.789. The van der Waals surface area contributed by atoms with Gasteiger partial charge in [0.15, 0.2) is 6.23 Å². The van der Waals surface area contributed by atoms with E-state index in [2.05, 4.69) is 13.8 Å². The van der Waals surface area contributed by atoms with Crippen LogP contribution in [0.3, 0.4) is 0 Å². The van der Waals surface area contributed by atoms with Gasteiger partial charge in [-0.05, 0) is 32.3 Å². The average Bonchev–Trinajstić information content (AvgIpc) is 2.49. The first-order valence-electron chi connectivity index (χ1n) is 5.98. The second-order valence-electron chi connectivity index (χ2n) is 5.60. The standard InChI is InChI=1S/C13H19NO4S/c1-13(2)10-8-9(18-19(5,15)16)6-7-11(10)17-12(13)14(3)4/h6-8,12H,1-5H3. The maximum Gasteiger partial charge on any atom is 0.306 e. The molecule has 1 heterocycles. The third-order valence-corrected chi connectivity index (χ3v) is 3.71. The summed E-state index contributed by atoms with van der Waals surface area (Å²) in [6.07, 6.45) is 0.945. The molecule has 0 bridgehead atoms. The van der Waals surface area contributed by atoms with Gasteiger partial charge in [-0.2, -0.15) is 8.42 Å². The molecule has 0 saturated carbocycles. The molecule has 1 aromatic carbocycles. The molecule has 1 aliphatic heterocycles. The largest absolute Gasteiger partial charge is 0.474 e. The van der Waals surface area contributed by atoms with E-state index in [9.17, 15) is 8.42 Å². The molecule has 0 radical (unpaired) electrons. The molecular formula is C13H19NO4S. The molecule has 0 aromatic heterocycles. The molecule has 0 fully saturated rings. The Morgan fingerprint density at radius 2 is 1.95 bits per heavy atom. The lowest BCUT2D eigenvalue weighted by molar-refractivity contribution is 0.0337. The van der Waals surface area contributed by atoms with Crippen molar-refractivity contribution in [1.29, 1.82) is 0 Å². The fourth-order valence-electron chi connectivity index (χ4n) is 2.49. The molecule has 106 valence electrons. The molecule has 0 aliphatic carbocycles. The van der Waals surface area contributed by atoms with E-state index >= 15 is 0 Å².